The van der Waals surface area contributed by atoms with Gasteiger partial charge in [-0.2, -0.15) is 0 Å². The third-order valence-electron chi connectivity index (χ3n) is 4.79. The van der Waals surface area contributed by atoms with Crippen LogP contribution >= 0.6 is 24.0 Å². The molecule has 1 aromatic rings. The van der Waals surface area contributed by atoms with Gasteiger partial charge in [0.2, 0.25) is 5.91 Å². The maximum atomic E-state index is 12.3. The molecule has 0 aromatic heterocycles. The Kier molecular flexibility index (Phi) is 10.7. The fourth-order valence-corrected chi connectivity index (χ4v) is 3.49. The Morgan fingerprint density at radius 2 is 2.04 bits per heavy atom. The highest BCUT2D eigenvalue weighted by Gasteiger charge is 2.22. The number of piperidine rings is 1. The van der Waals surface area contributed by atoms with Gasteiger partial charge in [0.1, 0.15) is 0 Å². The van der Waals surface area contributed by atoms with Crippen LogP contribution in [0.2, 0.25) is 5.02 Å². The van der Waals surface area contributed by atoms with E-state index in [9.17, 15) is 9.59 Å². The summed E-state index contributed by atoms with van der Waals surface area (Å²) in [4.78, 5) is 24.4. The van der Waals surface area contributed by atoms with Crippen LogP contribution in [0, 0.1) is 11.8 Å². The molecule has 0 aliphatic carbocycles. The van der Waals surface area contributed by atoms with E-state index in [0.717, 1.165) is 25.9 Å². The fourth-order valence-electron chi connectivity index (χ4n) is 3.22. The molecule has 6 nitrogen and oxygen atoms in total. The van der Waals surface area contributed by atoms with Gasteiger partial charge in [-0.15, -0.1) is 12.4 Å². The second kappa shape index (κ2) is 12.2. The van der Waals surface area contributed by atoms with E-state index in [-0.39, 0.29) is 24.2 Å². The standard InChI is InChI=1S/C19H28ClN3O3.ClH/c1-13(14-5-7-21-8-6-14)11-18(24)23-15-3-4-16(17(20)12-15)19(25)22-9-10-26-2;/h3-4,12-14,21H,5-11H2,1-2H3,(H,22,25)(H,23,24);1H. The molecule has 0 saturated carbocycles. The molecule has 1 aliphatic rings. The summed E-state index contributed by atoms with van der Waals surface area (Å²) in [5.41, 5.74) is 0.981. The van der Waals surface area contributed by atoms with Crippen LogP contribution < -0.4 is 16.0 Å². The molecule has 0 spiro atoms. The zero-order valence-electron chi connectivity index (χ0n) is 15.8. The zero-order valence-corrected chi connectivity index (χ0v) is 17.4. The summed E-state index contributed by atoms with van der Waals surface area (Å²) >= 11 is 6.20. The first-order chi connectivity index (χ1) is 12.5. The van der Waals surface area contributed by atoms with Crippen LogP contribution in [0.4, 0.5) is 5.69 Å². The molecule has 1 aliphatic heterocycles. The largest absolute Gasteiger partial charge is 0.383 e. The van der Waals surface area contributed by atoms with E-state index in [0.29, 0.717) is 47.7 Å². The monoisotopic (exact) mass is 417 g/mol. The number of nitrogens with one attached hydrogen (secondary N) is 3. The van der Waals surface area contributed by atoms with Crippen LogP contribution in [0.3, 0.4) is 0 Å². The second-order valence-corrected chi connectivity index (χ2v) is 7.17. The van der Waals surface area contributed by atoms with Gasteiger partial charge in [-0.25, -0.2) is 0 Å². The molecule has 1 aromatic carbocycles. The van der Waals surface area contributed by atoms with E-state index < -0.39 is 0 Å². The summed E-state index contributed by atoms with van der Waals surface area (Å²) in [5.74, 6) is 0.649. The third-order valence-corrected chi connectivity index (χ3v) is 5.10. The maximum absolute atomic E-state index is 12.3. The van der Waals surface area contributed by atoms with E-state index in [2.05, 4.69) is 22.9 Å². The Labute approximate surface area is 172 Å². The fraction of sp³-hybridized carbons (Fsp3) is 0.579. The smallest absolute Gasteiger partial charge is 0.252 e. The number of amides is 2. The predicted octanol–water partition coefficient (Wildman–Crippen LogP) is 3.10. The maximum Gasteiger partial charge on any atom is 0.252 e. The summed E-state index contributed by atoms with van der Waals surface area (Å²) in [6.45, 7) is 5.04. The second-order valence-electron chi connectivity index (χ2n) is 6.76. The van der Waals surface area contributed by atoms with Crippen molar-refractivity contribution in [3.63, 3.8) is 0 Å². The lowest BCUT2D eigenvalue weighted by Gasteiger charge is -2.27. The van der Waals surface area contributed by atoms with Crippen molar-refractivity contribution in [3.8, 4) is 0 Å². The van der Waals surface area contributed by atoms with Gasteiger partial charge in [-0.05, 0) is 56.0 Å². The highest BCUT2D eigenvalue weighted by Crippen LogP contribution is 2.25. The number of hydrogen-bond acceptors (Lipinski definition) is 4. The minimum atomic E-state index is -0.260. The Bertz CT molecular complexity index is 622. The first-order valence-electron chi connectivity index (χ1n) is 9.08. The SMILES string of the molecule is COCCNC(=O)c1ccc(NC(=O)CC(C)C2CCNCC2)cc1Cl.Cl. The van der Waals surface area contributed by atoms with Gasteiger partial charge >= 0.3 is 0 Å². The highest BCUT2D eigenvalue weighted by molar-refractivity contribution is 6.34. The van der Waals surface area contributed by atoms with Crippen molar-refractivity contribution in [1.82, 2.24) is 10.6 Å². The Morgan fingerprint density at radius 3 is 2.67 bits per heavy atom. The highest BCUT2D eigenvalue weighted by atomic mass is 35.5. The number of rotatable bonds is 8. The zero-order chi connectivity index (χ0) is 18.9. The van der Waals surface area contributed by atoms with Gasteiger partial charge in [-0.1, -0.05) is 18.5 Å². The van der Waals surface area contributed by atoms with Crippen molar-refractivity contribution in [2.75, 3.05) is 38.7 Å². The van der Waals surface area contributed by atoms with Gasteiger partial charge in [0.15, 0.2) is 0 Å². The van der Waals surface area contributed by atoms with E-state index in [1.54, 1.807) is 25.3 Å². The molecule has 0 bridgehead atoms. The number of methoxy groups -OCH3 is 1. The molecule has 1 saturated heterocycles. The Hall–Kier alpha value is -1.34. The van der Waals surface area contributed by atoms with Crippen LogP contribution in [0.1, 0.15) is 36.5 Å². The number of benzene rings is 1. The van der Waals surface area contributed by atoms with Gasteiger partial charge in [0.25, 0.3) is 5.91 Å². The molecule has 0 radical (unpaired) electrons. The summed E-state index contributed by atoms with van der Waals surface area (Å²) in [6, 6.07) is 4.93. The Morgan fingerprint density at radius 1 is 1.33 bits per heavy atom. The first kappa shape index (κ1) is 23.7. The lowest BCUT2D eigenvalue weighted by Crippen LogP contribution is -2.32. The lowest BCUT2D eigenvalue weighted by molar-refractivity contribution is -0.117. The van der Waals surface area contributed by atoms with Gasteiger partial charge in [0, 0.05) is 25.8 Å². The number of hydrogen-bond donors (Lipinski definition) is 3. The Balaban J connectivity index is 0.00000364. The molecule has 1 heterocycles. The average molecular weight is 418 g/mol. The average Bonchev–Trinajstić information content (AvgIpc) is 2.62. The number of ether oxygens (including phenoxy) is 1. The summed E-state index contributed by atoms with van der Waals surface area (Å²) in [7, 11) is 1.57. The van der Waals surface area contributed by atoms with Crippen LogP contribution in [0.15, 0.2) is 18.2 Å². The summed E-state index contributed by atoms with van der Waals surface area (Å²) < 4.78 is 4.90. The lowest BCUT2D eigenvalue weighted by atomic mass is 9.84. The molecule has 1 fully saturated rings. The van der Waals surface area contributed by atoms with Crippen molar-refractivity contribution in [2.24, 2.45) is 11.8 Å². The number of carbonyl (C=O) groups excluding carboxylic acids is 2. The van der Waals surface area contributed by atoms with Crippen LogP contribution in [0.25, 0.3) is 0 Å². The van der Waals surface area contributed by atoms with Crippen LogP contribution in [-0.2, 0) is 9.53 Å². The van der Waals surface area contributed by atoms with Crippen molar-refractivity contribution in [1.29, 1.82) is 0 Å². The molecular formula is C19H29Cl2N3O3. The van der Waals surface area contributed by atoms with E-state index in [1.807, 2.05) is 0 Å². The molecular weight excluding hydrogens is 389 g/mol. The third kappa shape index (κ3) is 7.66. The minimum Gasteiger partial charge on any atom is -0.383 e. The van der Waals surface area contributed by atoms with Gasteiger partial charge in [0.05, 0.1) is 17.2 Å². The molecule has 1 atom stereocenters. The van der Waals surface area contributed by atoms with Gasteiger partial charge < -0.3 is 20.7 Å². The topological polar surface area (TPSA) is 79.5 Å². The molecule has 1 unspecified atom stereocenters. The van der Waals surface area contributed by atoms with Crippen molar-refractivity contribution in [2.45, 2.75) is 26.2 Å². The minimum absolute atomic E-state index is 0. The molecule has 2 rings (SSSR count). The first-order valence-corrected chi connectivity index (χ1v) is 9.46. The van der Waals surface area contributed by atoms with Gasteiger partial charge in [-0.3, -0.25) is 9.59 Å². The molecule has 8 heteroatoms. The normalized spacial score (nSPS) is 15.5. The number of halogens is 2. The summed E-state index contributed by atoms with van der Waals surface area (Å²) in [5, 5.41) is 9.26. The molecule has 2 amide bonds. The molecule has 152 valence electrons. The van der Waals surface area contributed by atoms with Crippen LogP contribution in [-0.4, -0.2) is 45.2 Å². The van der Waals surface area contributed by atoms with E-state index in [4.69, 9.17) is 16.3 Å². The van der Waals surface area contributed by atoms with Crippen molar-refractivity contribution >= 4 is 41.5 Å². The predicted molar refractivity (Wildman–Crippen MR) is 111 cm³/mol. The van der Waals surface area contributed by atoms with E-state index >= 15 is 0 Å². The number of anilines is 1. The van der Waals surface area contributed by atoms with E-state index in [1.165, 1.54) is 0 Å². The summed E-state index contributed by atoms with van der Waals surface area (Å²) in [6.07, 6.45) is 2.72. The van der Waals surface area contributed by atoms with Crippen LogP contribution in [0.5, 0.6) is 0 Å². The quantitative estimate of drug-likeness (QED) is 0.567. The van der Waals surface area contributed by atoms with Crippen molar-refractivity contribution in [3.05, 3.63) is 28.8 Å². The number of carbonyl (C=O) groups is 2. The van der Waals surface area contributed by atoms with Crippen molar-refractivity contribution < 1.29 is 14.3 Å². The molecule has 3 N–H and O–H groups in total. The molecule has 27 heavy (non-hydrogen) atoms.